The van der Waals surface area contributed by atoms with E-state index >= 15 is 0 Å². The maximum Gasteiger partial charge on any atom is 0.279 e. The number of halogens is 2. The number of likely N-dealkylation sites (tertiary alicyclic amines) is 1. The minimum absolute atomic E-state index is 0.0528. The second kappa shape index (κ2) is 9.92. The first-order valence-corrected chi connectivity index (χ1v) is 10.2. The number of piperidine rings is 1. The van der Waals surface area contributed by atoms with Crippen molar-refractivity contribution in [3.05, 3.63) is 64.1 Å². The van der Waals surface area contributed by atoms with Crippen LogP contribution in [0.25, 0.3) is 0 Å². The quantitative estimate of drug-likeness (QED) is 0.671. The van der Waals surface area contributed by atoms with Crippen LogP contribution >= 0.6 is 23.2 Å². The molecule has 3 N–H and O–H groups in total. The lowest BCUT2D eigenvalue weighted by molar-refractivity contribution is -0.897. The zero-order valence-corrected chi connectivity index (χ0v) is 17.0. The van der Waals surface area contributed by atoms with E-state index in [0.717, 1.165) is 31.5 Å². The van der Waals surface area contributed by atoms with E-state index in [4.69, 9.17) is 23.2 Å². The summed E-state index contributed by atoms with van der Waals surface area (Å²) < 4.78 is 0. The Balaban J connectivity index is 1.39. The molecule has 0 unspecified atom stereocenters. The number of carbonyl (C=O) groups is 2. The van der Waals surface area contributed by atoms with Crippen LogP contribution in [0.2, 0.25) is 10.0 Å². The molecule has 0 bridgehead atoms. The van der Waals surface area contributed by atoms with Gasteiger partial charge in [0.2, 0.25) is 5.91 Å². The number of hydrogen-bond donors (Lipinski definition) is 3. The number of rotatable bonds is 6. The summed E-state index contributed by atoms with van der Waals surface area (Å²) >= 11 is 11.9. The van der Waals surface area contributed by atoms with Crippen molar-refractivity contribution in [1.29, 1.82) is 0 Å². The molecule has 1 heterocycles. The summed E-state index contributed by atoms with van der Waals surface area (Å²) in [6, 6.07) is 15.0. The van der Waals surface area contributed by atoms with E-state index in [1.54, 1.807) is 18.2 Å². The Labute approximate surface area is 175 Å². The van der Waals surface area contributed by atoms with Crippen molar-refractivity contribution in [3.8, 4) is 0 Å². The molecule has 1 aliphatic rings. The monoisotopic (exact) mass is 420 g/mol. The third kappa shape index (κ3) is 6.23. The van der Waals surface area contributed by atoms with Crippen LogP contribution in [0.3, 0.4) is 0 Å². The first kappa shape index (κ1) is 20.6. The van der Waals surface area contributed by atoms with Crippen molar-refractivity contribution in [3.63, 3.8) is 0 Å². The molecule has 2 amide bonds. The van der Waals surface area contributed by atoms with Crippen LogP contribution in [0.5, 0.6) is 0 Å². The fraction of sp³-hybridized carbons (Fsp3) is 0.333. The highest BCUT2D eigenvalue weighted by atomic mass is 35.5. The van der Waals surface area contributed by atoms with Crippen LogP contribution in [0, 0.1) is 0 Å². The Kier molecular flexibility index (Phi) is 7.31. The molecule has 7 heteroatoms. The first-order chi connectivity index (χ1) is 13.5. The van der Waals surface area contributed by atoms with E-state index in [9.17, 15) is 9.59 Å². The average Bonchev–Trinajstić information content (AvgIpc) is 2.67. The van der Waals surface area contributed by atoms with Crippen molar-refractivity contribution in [2.24, 2.45) is 0 Å². The van der Waals surface area contributed by atoms with Crippen LogP contribution in [-0.4, -0.2) is 37.5 Å². The molecule has 0 atom stereocenters. The summed E-state index contributed by atoms with van der Waals surface area (Å²) in [6.45, 7) is 2.10. The standard InChI is InChI=1S/C21H23Cl2N3O2/c22-18-7-6-17(13-19(18)23)25-21(28)14-26-10-8-16(9-11-26)24-20(27)12-15-4-2-1-3-5-15/h1-7,13,16H,8-12,14H2,(H,24,27)(H,25,28)/p+1. The van der Waals surface area contributed by atoms with Gasteiger partial charge in [-0.05, 0) is 23.8 Å². The molecule has 5 nitrogen and oxygen atoms in total. The molecular formula is C21H24Cl2N3O2+. The van der Waals surface area contributed by atoms with Gasteiger partial charge in [-0.1, -0.05) is 53.5 Å². The van der Waals surface area contributed by atoms with E-state index in [-0.39, 0.29) is 17.9 Å². The molecule has 1 fully saturated rings. The number of anilines is 1. The van der Waals surface area contributed by atoms with Gasteiger partial charge in [-0.2, -0.15) is 0 Å². The molecule has 2 aromatic carbocycles. The fourth-order valence-electron chi connectivity index (χ4n) is 3.41. The van der Waals surface area contributed by atoms with Gasteiger partial charge < -0.3 is 15.5 Å². The molecule has 0 saturated carbocycles. The lowest BCUT2D eigenvalue weighted by Crippen LogP contribution is -3.14. The Morgan fingerprint density at radius 1 is 0.964 bits per heavy atom. The van der Waals surface area contributed by atoms with Crippen molar-refractivity contribution in [2.75, 3.05) is 25.0 Å². The van der Waals surface area contributed by atoms with Crippen molar-refractivity contribution >= 4 is 40.7 Å². The summed E-state index contributed by atoms with van der Waals surface area (Å²) in [5.41, 5.74) is 1.66. The number of benzene rings is 2. The third-order valence-corrected chi connectivity index (χ3v) is 5.62. The van der Waals surface area contributed by atoms with Gasteiger partial charge >= 0.3 is 0 Å². The van der Waals surface area contributed by atoms with Crippen LogP contribution in [-0.2, 0) is 16.0 Å². The molecule has 0 aliphatic carbocycles. The highest BCUT2D eigenvalue weighted by Gasteiger charge is 2.25. The normalized spacial score (nSPS) is 19.1. The second-order valence-electron chi connectivity index (χ2n) is 7.11. The molecule has 28 heavy (non-hydrogen) atoms. The number of quaternary nitrogens is 1. The minimum atomic E-state index is -0.0556. The number of nitrogens with one attached hydrogen (secondary N) is 3. The fourth-order valence-corrected chi connectivity index (χ4v) is 3.71. The Hall–Kier alpha value is -2.08. The Morgan fingerprint density at radius 2 is 1.68 bits per heavy atom. The van der Waals surface area contributed by atoms with Crippen LogP contribution in [0.4, 0.5) is 5.69 Å². The third-order valence-electron chi connectivity index (χ3n) is 4.88. The van der Waals surface area contributed by atoms with Gasteiger partial charge in [0.15, 0.2) is 6.54 Å². The van der Waals surface area contributed by atoms with Gasteiger partial charge in [0.1, 0.15) is 0 Å². The van der Waals surface area contributed by atoms with E-state index < -0.39 is 0 Å². The molecule has 1 aliphatic heterocycles. The maximum absolute atomic E-state index is 12.3. The summed E-state index contributed by atoms with van der Waals surface area (Å²) in [5, 5.41) is 6.84. The second-order valence-corrected chi connectivity index (χ2v) is 7.92. The van der Waals surface area contributed by atoms with Gasteiger partial charge in [-0.15, -0.1) is 0 Å². The van der Waals surface area contributed by atoms with Crippen molar-refractivity contribution in [1.82, 2.24) is 5.32 Å². The van der Waals surface area contributed by atoms with Gasteiger partial charge in [0.25, 0.3) is 5.91 Å². The first-order valence-electron chi connectivity index (χ1n) is 9.41. The topological polar surface area (TPSA) is 62.6 Å². The highest BCUT2D eigenvalue weighted by molar-refractivity contribution is 6.42. The lowest BCUT2D eigenvalue weighted by atomic mass is 10.0. The van der Waals surface area contributed by atoms with Crippen molar-refractivity contribution < 1.29 is 14.5 Å². The molecule has 0 aromatic heterocycles. The maximum atomic E-state index is 12.3. The molecule has 148 valence electrons. The predicted molar refractivity (Wildman–Crippen MR) is 112 cm³/mol. The molecule has 1 saturated heterocycles. The number of amides is 2. The zero-order chi connectivity index (χ0) is 19.9. The van der Waals surface area contributed by atoms with Gasteiger partial charge in [0, 0.05) is 24.6 Å². The predicted octanol–water partition coefficient (Wildman–Crippen LogP) is 2.34. The molecule has 0 spiro atoms. The molecular weight excluding hydrogens is 397 g/mol. The Bertz CT molecular complexity index is 822. The summed E-state index contributed by atoms with van der Waals surface area (Å²) in [7, 11) is 0. The number of carbonyl (C=O) groups excluding carboxylic acids is 2. The average molecular weight is 421 g/mol. The van der Waals surface area contributed by atoms with Gasteiger partial charge in [-0.3, -0.25) is 9.59 Å². The van der Waals surface area contributed by atoms with Gasteiger partial charge in [-0.25, -0.2) is 0 Å². The minimum Gasteiger partial charge on any atom is -0.353 e. The van der Waals surface area contributed by atoms with Crippen molar-refractivity contribution in [2.45, 2.75) is 25.3 Å². The lowest BCUT2D eigenvalue weighted by Gasteiger charge is -2.29. The van der Waals surface area contributed by atoms with Crippen LogP contribution < -0.4 is 15.5 Å². The number of hydrogen-bond acceptors (Lipinski definition) is 2. The van der Waals surface area contributed by atoms with Gasteiger partial charge in [0.05, 0.1) is 29.6 Å². The zero-order valence-electron chi connectivity index (χ0n) is 15.5. The summed E-state index contributed by atoms with van der Waals surface area (Å²) in [5.74, 6) is -0.00281. The van der Waals surface area contributed by atoms with E-state index in [2.05, 4.69) is 10.6 Å². The largest absolute Gasteiger partial charge is 0.353 e. The SMILES string of the molecule is O=C(C[NH+]1CCC(NC(=O)Cc2ccccc2)CC1)Nc1ccc(Cl)c(Cl)c1. The van der Waals surface area contributed by atoms with E-state index in [1.165, 1.54) is 4.90 Å². The van der Waals surface area contributed by atoms with E-state index in [0.29, 0.717) is 28.7 Å². The molecule has 3 rings (SSSR count). The van der Waals surface area contributed by atoms with Crippen LogP contribution in [0.15, 0.2) is 48.5 Å². The molecule has 2 aromatic rings. The smallest absolute Gasteiger partial charge is 0.279 e. The highest BCUT2D eigenvalue weighted by Crippen LogP contribution is 2.24. The summed E-state index contributed by atoms with van der Waals surface area (Å²) in [6.07, 6.45) is 2.14. The van der Waals surface area contributed by atoms with Crippen LogP contribution in [0.1, 0.15) is 18.4 Å². The molecule has 0 radical (unpaired) electrons. The summed E-state index contributed by atoms with van der Waals surface area (Å²) in [4.78, 5) is 25.7. The van der Waals surface area contributed by atoms with E-state index in [1.807, 2.05) is 30.3 Å². The Morgan fingerprint density at radius 3 is 2.36 bits per heavy atom.